The molecule has 0 radical (unpaired) electrons. The first kappa shape index (κ1) is 16.3. The Kier molecular flexibility index (Phi) is 5.81. The van der Waals surface area contributed by atoms with Crippen LogP contribution in [-0.4, -0.2) is 43.5 Å². The van der Waals surface area contributed by atoms with E-state index < -0.39 is 11.8 Å². The number of likely N-dealkylation sites (tertiary alicyclic amines) is 1. The fourth-order valence-corrected chi connectivity index (χ4v) is 2.54. The lowest BCUT2D eigenvalue weighted by atomic mass is 9.99. The molecule has 1 aliphatic heterocycles. The fraction of sp³-hybridized carbons (Fsp3) is 0.529. The van der Waals surface area contributed by atoms with Crippen molar-refractivity contribution in [2.45, 2.75) is 26.2 Å². The van der Waals surface area contributed by atoms with Gasteiger partial charge >= 0.3 is 11.8 Å². The molecule has 2 rings (SSSR count). The van der Waals surface area contributed by atoms with Gasteiger partial charge in [0.2, 0.25) is 0 Å². The van der Waals surface area contributed by atoms with Gasteiger partial charge in [0, 0.05) is 19.6 Å². The summed E-state index contributed by atoms with van der Waals surface area (Å²) in [5.41, 5.74) is 1.10. The molecule has 1 aromatic carbocycles. The molecule has 0 aliphatic carbocycles. The molecule has 0 spiro atoms. The lowest BCUT2D eigenvalue weighted by Crippen LogP contribution is -2.46. The van der Waals surface area contributed by atoms with Gasteiger partial charge in [-0.15, -0.1) is 0 Å². The van der Waals surface area contributed by atoms with E-state index in [4.69, 9.17) is 4.74 Å². The molecule has 5 heteroatoms. The molecule has 1 fully saturated rings. The zero-order valence-corrected chi connectivity index (χ0v) is 13.3. The van der Waals surface area contributed by atoms with Gasteiger partial charge in [-0.3, -0.25) is 9.59 Å². The lowest BCUT2D eigenvalue weighted by Gasteiger charge is -2.29. The highest BCUT2D eigenvalue weighted by Gasteiger charge is 2.25. The molecule has 22 heavy (non-hydrogen) atoms. The van der Waals surface area contributed by atoms with Crippen LogP contribution in [0.25, 0.3) is 0 Å². The number of nitrogens with one attached hydrogen (secondary N) is 1. The maximum atomic E-state index is 12.0. The molecule has 0 aromatic heterocycles. The number of nitrogens with zero attached hydrogens (tertiary/aromatic N) is 1. The summed E-state index contributed by atoms with van der Waals surface area (Å²) in [4.78, 5) is 25.6. The van der Waals surface area contributed by atoms with Crippen molar-refractivity contribution < 1.29 is 14.3 Å². The van der Waals surface area contributed by atoms with Crippen LogP contribution in [0.1, 0.15) is 25.3 Å². The topological polar surface area (TPSA) is 58.6 Å². The third-order valence-electron chi connectivity index (χ3n) is 4.12. The largest absolute Gasteiger partial charge is 0.497 e. The third-order valence-corrected chi connectivity index (χ3v) is 4.12. The average molecular weight is 304 g/mol. The Bertz CT molecular complexity index is 505. The monoisotopic (exact) mass is 304 g/mol. The van der Waals surface area contributed by atoms with Crippen LogP contribution in [0.3, 0.4) is 0 Å². The minimum Gasteiger partial charge on any atom is -0.497 e. The van der Waals surface area contributed by atoms with E-state index in [9.17, 15) is 9.59 Å². The summed E-state index contributed by atoms with van der Waals surface area (Å²) in [6.07, 6.45) is 2.65. The van der Waals surface area contributed by atoms with E-state index in [-0.39, 0.29) is 0 Å². The Balaban J connectivity index is 1.73. The van der Waals surface area contributed by atoms with Gasteiger partial charge in [0.05, 0.1) is 7.11 Å². The number of methoxy groups -OCH3 is 1. The van der Waals surface area contributed by atoms with Crippen molar-refractivity contribution in [3.63, 3.8) is 0 Å². The second-order valence-electron chi connectivity index (χ2n) is 5.83. The number of hydrogen-bond donors (Lipinski definition) is 1. The summed E-state index contributed by atoms with van der Waals surface area (Å²) in [6.45, 7) is 4.01. The molecular formula is C17H24N2O3. The van der Waals surface area contributed by atoms with Crippen molar-refractivity contribution in [3.8, 4) is 5.75 Å². The second-order valence-corrected chi connectivity index (χ2v) is 5.83. The van der Waals surface area contributed by atoms with Crippen molar-refractivity contribution in [2.75, 3.05) is 26.7 Å². The standard InChI is InChI=1S/C17H24N2O3/c1-13-8-11-19(12-9-13)17(21)16(20)18-10-7-14-3-5-15(22-2)6-4-14/h3-6,13H,7-12H2,1-2H3,(H,18,20). The number of benzene rings is 1. The van der Waals surface area contributed by atoms with E-state index in [0.717, 1.165) is 24.2 Å². The van der Waals surface area contributed by atoms with Crippen molar-refractivity contribution >= 4 is 11.8 Å². The van der Waals surface area contributed by atoms with E-state index in [0.29, 0.717) is 32.0 Å². The van der Waals surface area contributed by atoms with Crippen LogP contribution in [0.4, 0.5) is 0 Å². The van der Waals surface area contributed by atoms with E-state index >= 15 is 0 Å². The maximum absolute atomic E-state index is 12.0. The number of rotatable bonds is 4. The highest BCUT2D eigenvalue weighted by molar-refractivity contribution is 6.35. The minimum atomic E-state index is -0.497. The maximum Gasteiger partial charge on any atom is 0.311 e. The van der Waals surface area contributed by atoms with E-state index in [1.54, 1.807) is 12.0 Å². The van der Waals surface area contributed by atoms with Crippen LogP contribution in [0, 0.1) is 5.92 Å². The Morgan fingerprint density at radius 3 is 2.45 bits per heavy atom. The summed E-state index contributed by atoms with van der Waals surface area (Å²) >= 11 is 0. The van der Waals surface area contributed by atoms with Crippen LogP contribution < -0.4 is 10.1 Å². The van der Waals surface area contributed by atoms with Crippen LogP contribution in [0.5, 0.6) is 5.75 Å². The summed E-state index contributed by atoms with van der Waals surface area (Å²) in [6, 6.07) is 7.69. The minimum absolute atomic E-state index is 0.401. The molecule has 1 N–H and O–H groups in total. The first-order valence-corrected chi connectivity index (χ1v) is 7.80. The number of carbonyl (C=O) groups is 2. The Hall–Kier alpha value is -2.04. The van der Waals surface area contributed by atoms with E-state index in [1.165, 1.54) is 0 Å². The number of piperidine rings is 1. The first-order valence-electron chi connectivity index (χ1n) is 7.80. The van der Waals surface area contributed by atoms with Crippen LogP contribution in [0.15, 0.2) is 24.3 Å². The van der Waals surface area contributed by atoms with E-state index in [2.05, 4.69) is 12.2 Å². The van der Waals surface area contributed by atoms with Gasteiger partial charge in [0.1, 0.15) is 5.75 Å². The highest BCUT2D eigenvalue weighted by Crippen LogP contribution is 2.16. The quantitative estimate of drug-likeness (QED) is 0.860. The zero-order valence-electron chi connectivity index (χ0n) is 13.3. The number of hydrogen-bond acceptors (Lipinski definition) is 3. The van der Waals surface area contributed by atoms with E-state index in [1.807, 2.05) is 24.3 Å². The molecule has 1 aliphatic rings. The van der Waals surface area contributed by atoms with Gasteiger partial charge in [-0.2, -0.15) is 0 Å². The Morgan fingerprint density at radius 1 is 1.23 bits per heavy atom. The number of carbonyl (C=O) groups excluding carboxylic acids is 2. The third kappa shape index (κ3) is 4.48. The van der Waals surface area contributed by atoms with Gasteiger partial charge in [-0.25, -0.2) is 0 Å². The van der Waals surface area contributed by atoms with Gasteiger partial charge in [0.15, 0.2) is 0 Å². The molecule has 0 saturated carbocycles. The van der Waals surface area contributed by atoms with Crippen LogP contribution >= 0.6 is 0 Å². The van der Waals surface area contributed by atoms with Crippen molar-refractivity contribution in [1.82, 2.24) is 10.2 Å². The number of ether oxygens (including phenoxy) is 1. The number of amides is 2. The average Bonchev–Trinajstić information content (AvgIpc) is 2.55. The summed E-state index contributed by atoms with van der Waals surface area (Å²) in [5.74, 6) is 0.550. The predicted molar refractivity (Wildman–Crippen MR) is 84.7 cm³/mol. The van der Waals surface area contributed by atoms with Crippen molar-refractivity contribution in [3.05, 3.63) is 29.8 Å². The van der Waals surface area contributed by atoms with Crippen LogP contribution in [0.2, 0.25) is 0 Å². The van der Waals surface area contributed by atoms with Crippen molar-refractivity contribution in [2.24, 2.45) is 5.92 Å². The van der Waals surface area contributed by atoms with Gasteiger partial charge < -0.3 is 15.0 Å². The first-order chi connectivity index (χ1) is 10.6. The smallest absolute Gasteiger partial charge is 0.311 e. The molecule has 120 valence electrons. The normalized spacial score (nSPS) is 15.5. The molecule has 1 aromatic rings. The molecule has 2 amide bonds. The van der Waals surface area contributed by atoms with Gasteiger partial charge in [-0.05, 0) is 42.9 Å². The molecule has 0 bridgehead atoms. The SMILES string of the molecule is COc1ccc(CCNC(=O)C(=O)N2CCC(C)CC2)cc1. The highest BCUT2D eigenvalue weighted by atomic mass is 16.5. The summed E-state index contributed by atoms with van der Waals surface area (Å²) < 4.78 is 5.10. The summed E-state index contributed by atoms with van der Waals surface area (Å²) in [7, 11) is 1.63. The van der Waals surface area contributed by atoms with Crippen LogP contribution in [-0.2, 0) is 16.0 Å². The molecule has 5 nitrogen and oxygen atoms in total. The molecular weight excluding hydrogens is 280 g/mol. The lowest BCUT2D eigenvalue weighted by molar-refractivity contribution is -0.146. The molecule has 1 heterocycles. The van der Waals surface area contributed by atoms with Gasteiger partial charge in [-0.1, -0.05) is 19.1 Å². The Morgan fingerprint density at radius 2 is 1.86 bits per heavy atom. The van der Waals surface area contributed by atoms with Gasteiger partial charge in [0.25, 0.3) is 0 Å². The predicted octanol–water partition coefficient (Wildman–Crippen LogP) is 1.61. The fourth-order valence-electron chi connectivity index (χ4n) is 2.54. The molecule has 1 saturated heterocycles. The molecule has 0 atom stereocenters. The zero-order chi connectivity index (χ0) is 15.9. The summed E-state index contributed by atoms with van der Waals surface area (Å²) in [5, 5.41) is 2.71. The van der Waals surface area contributed by atoms with Crippen molar-refractivity contribution in [1.29, 1.82) is 0 Å². The Labute approximate surface area is 131 Å². The second kappa shape index (κ2) is 7.82. The molecule has 0 unspecified atom stereocenters.